The number of carbonyl (C=O) groups excluding carboxylic acids is 2. The molecule has 0 aliphatic carbocycles. The van der Waals surface area contributed by atoms with Gasteiger partial charge in [0.1, 0.15) is 5.82 Å². The molecule has 1 heterocycles. The fraction of sp³-hybridized carbons (Fsp3) is 0.263. The van der Waals surface area contributed by atoms with E-state index in [9.17, 15) is 14.0 Å². The van der Waals surface area contributed by atoms with Gasteiger partial charge in [0.25, 0.3) is 0 Å². The summed E-state index contributed by atoms with van der Waals surface area (Å²) in [7, 11) is 0. The van der Waals surface area contributed by atoms with Crippen LogP contribution in [0.15, 0.2) is 42.5 Å². The first-order valence-electron chi connectivity index (χ1n) is 7.88. The van der Waals surface area contributed by atoms with Gasteiger partial charge in [-0.3, -0.25) is 9.59 Å². The fourth-order valence-electron chi connectivity index (χ4n) is 2.82. The van der Waals surface area contributed by atoms with Crippen LogP contribution in [0.3, 0.4) is 0 Å². The lowest BCUT2D eigenvalue weighted by molar-refractivity contribution is -0.122. The Hall–Kier alpha value is -2.69. The third-order valence-corrected chi connectivity index (χ3v) is 4.41. The summed E-state index contributed by atoms with van der Waals surface area (Å²) in [5.41, 5.74) is 3.61. The second kappa shape index (κ2) is 6.43. The van der Waals surface area contributed by atoms with Crippen molar-refractivity contribution in [2.24, 2.45) is 5.92 Å². The van der Waals surface area contributed by atoms with E-state index in [2.05, 4.69) is 5.32 Å². The molecule has 0 aromatic heterocycles. The molecule has 2 amide bonds. The van der Waals surface area contributed by atoms with Crippen LogP contribution >= 0.6 is 0 Å². The van der Waals surface area contributed by atoms with Crippen LogP contribution < -0.4 is 10.2 Å². The fourth-order valence-corrected chi connectivity index (χ4v) is 2.82. The maximum atomic E-state index is 13.0. The molecule has 1 saturated heterocycles. The van der Waals surface area contributed by atoms with Crippen molar-refractivity contribution >= 4 is 23.2 Å². The van der Waals surface area contributed by atoms with Gasteiger partial charge in [-0.25, -0.2) is 4.39 Å². The molecule has 0 unspecified atom stereocenters. The highest BCUT2D eigenvalue weighted by Gasteiger charge is 2.35. The summed E-state index contributed by atoms with van der Waals surface area (Å²) >= 11 is 0. The Morgan fingerprint density at radius 1 is 1.12 bits per heavy atom. The number of halogens is 1. The lowest BCUT2D eigenvalue weighted by Crippen LogP contribution is -2.28. The van der Waals surface area contributed by atoms with Crippen LogP contribution in [0.1, 0.15) is 17.5 Å². The molecule has 5 heteroatoms. The molecule has 24 heavy (non-hydrogen) atoms. The monoisotopic (exact) mass is 326 g/mol. The highest BCUT2D eigenvalue weighted by atomic mass is 19.1. The summed E-state index contributed by atoms with van der Waals surface area (Å²) in [6.45, 7) is 4.30. The molecule has 1 atom stereocenters. The number of hydrogen-bond acceptors (Lipinski definition) is 2. The predicted octanol–water partition coefficient (Wildman–Crippen LogP) is 3.43. The summed E-state index contributed by atoms with van der Waals surface area (Å²) < 4.78 is 13.0. The standard InChI is InChI=1S/C19H19FN2O2/c1-12-3-6-16(9-13(12)2)21-19(24)14-10-18(23)22(11-14)17-7-4-15(20)5-8-17/h3-9,14H,10-11H2,1-2H3,(H,21,24)/t14-/m1/s1. The number of anilines is 2. The molecule has 0 spiro atoms. The number of hydrogen-bond donors (Lipinski definition) is 1. The van der Waals surface area contributed by atoms with Crippen molar-refractivity contribution in [3.05, 3.63) is 59.4 Å². The Morgan fingerprint density at radius 2 is 1.83 bits per heavy atom. The number of nitrogens with zero attached hydrogens (tertiary/aromatic N) is 1. The quantitative estimate of drug-likeness (QED) is 0.939. The van der Waals surface area contributed by atoms with Gasteiger partial charge in [-0.2, -0.15) is 0 Å². The summed E-state index contributed by atoms with van der Waals surface area (Å²) in [6.07, 6.45) is 0.161. The average molecular weight is 326 g/mol. The van der Waals surface area contributed by atoms with E-state index >= 15 is 0 Å². The second-order valence-electron chi connectivity index (χ2n) is 6.17. The maximum absolute atomic E-state index is 13.0. The molecule has 0 saturated carbocycles. The molecule has 124 valence electrons. The Kier molecular flexibility index (Phi) is 4.34. The molecule has 3 rings (SSSR count). The van der Waals surface area contributed by atoms with Gasteiger partial charge >= 0.3 is 0 Å². The predicted molar refractivity (Wildman–Crippen MR) is 91.4 cm³/mol. The average Bonchev–Trinajstić information content (AvgIpc) is 2.94. The van der Waals surface area contributed by atoms with Crippen molar-refractivity contribution in [1.82, 2.24) is 0 Å². The topological polar surface area (TPSA) is 49.4 Å². The third kappa shape index (κ3) is 3.30. The van der Waals surface area contributed by atoms with Gasteiger partial charge in [0.2, 0.25) is 11.8 Å². The van der Waals surface area contributed by atoms with Gasteiger partial charge < -0.3 is 10.2 Å². The molecule has 2 aromatic carbocycles. The number of carbonyl (C=O) groups is 2. The van der Waals surface area contributed by atoms with Crippen LogP contribution in [0.25, 0.3) is 0 Å². The number of amides is 2. The zero-order valence-electron chi connectivity index (χ0n) is 13.7. The van der Waals surface area contributed by atoms with E-state index in [0.29, 0.717) is 12.2 Å². The van der Waals surface area contributed by atoms with E-state index < -0.39 is 5.92 Å². The van der Waals surface area contributed by atoms with Crippen LogP contribution in [0.2, 0.25) is 0 Å². The van der Waals surface area contributed by atoms with Crippen LogP contribution in [0.5, 0.6) is 0 Å². The maximum Gasteiger partial charge on any atom is 0.229 e. The molecule has 1 aliphatic heterocycles. The SMILES string of the molecule is Cc1ccc(NC(=O)[C@@H]2CC(=O)N(c3ccc(F)cc3)C2)cc1C. The Bertz CT molecular complexity index is 786. The van der Waals surface area contributed by atoms with Gasteiger partial charge in [0, 0.05) is 24.3 Å². The lowest BCUT2D eigenvalue weighted by Gasteiger charge is -2.16. The molecule has 0 radical (unpaired) electrons. The molecule has 2 aromatic rings. The lowest BCUT2D eigenvalue weighted by atomic mass is 10.1. The van der Waals surface area contributed by atoms with Crippen molar-refractivity contribution in [2.45, 2.75) is 20.3 Å². The zero-order chi connectivity index (χ0) is 17.3. The van der Waals surface area contributed by atoms with E-state index in [-0.39, 0.29) is 24.1 Å². The first kappa shape index (κ1) is 16.2. The summed E-state index contributed by atoms with van der Waals surface area (Å²) in [5.74, 6) is -1.06. The third-order valence-electron chi connectivity index (χ3n) is 4.41. The van der Waals surface area contributed by atoms with Gasteiger partial charge in [-0.15, -0.1) is 0 Å². The van der Waals surface area contributed by atoms with E-state index in [1.807, 2.05) is 32.0 Å². The van der Waals surface area contributed by atoms with Crippen molar-refractivity contribution in [1.29, 1.82) is 0 Å². The molecule has 4 nitrogen and oxygen atoms in total. The first-order chi connectivity index (χ1) is 11.4. The Labute approximate surface area is 140 Å². The number of benzene rings is 2. The van der Waals surface area contributed by atoms with Crippen LogP contribution in [0, 0.1) is 25.6 Å². The minimum atomic E-state index is -0.413. The van der Waals surface area contributed by atoms with Crippen molar-refractivity contribution in [3.63, 3.8) is 0 Å². The van der Waals surface area contributed by atoms with Crippen LogP contribution in [-0.2, 0) is 9.59 Å². The van der Waals surface area contributed by atoms with E-state index in [4.69, 9.17) is 0 Å². The van der Waals surface area contributed by atoms with Crippen molar-refractivity contribution < 1.29 is 14.0 Å². The number of nitrogens with one attached hydrogen (secondary N) is 1. The Balaban J connectivity index is 1.69. The van der Waals surface area contributed by atoms with Gasteiger partial charge in [0.15, 0.2) is 0 Å². The number of rotatable bonds is 3. The van der Waals surface area contributed by atoms with Crippen molar-refractivity contribution in [3.8, 4) is 0 Å². The smallest absolute Gasteiger partial charge is 0.229 e. The Morgan fingerprint density at radius 3 is 2.50 bits per heavy atom. The summed E-state index contributed by atoms with van der Waals surface area (Å²) in [6, 6.07) is 11.5. The molecule has 1 N–H and O–H groups in total. The number of aryl methyl sites for hydroxylation is 2. The summed E-state index contributed by atoms with van der Waals surface area (Å²) in [4.78, 5) is 26.1. The summed E-state index contributed by atoms with van der Waals surface area (Å²) in [5, 5.41) is 2.88. The minimum absolute atomic E-state index is 0.123. The van der Waals surface area contributed by atoms with E-state index in [0.717, 1.165) is 16.8 Å². The largest absolute Gasteiger partial charge is 0.326 e. The normalized spacial score (nSPS) is 17.2. The molecule has 1 aliphatic rings. The van der Waals surface area contributed by atoms with E-state index in [1.54, 1.807) is 12.1 Å². The highest BCUT2D eigenvalue weighted by Crippen LogP contribution is 2.26. The molecular formula is C19H19FN2O2. The zero-order valence-corrected chi connectivity index (χ0v) is 13.7. The minimum Gasteiger partial charge on any atom is -0.326 e. The first-order valence-corrected chi connectivity index (χ1v) is 7.88. The molecule has 1 fully saturated rings. The van der Waals surface area contributed by atoms with Crippen LogP contribution in [-0.4, -0.2) is 18.4 Å². The van der Waals surface area contributed by atoms with Gasteiger partial charge in [0.05, 0.1) is 5.92 Å². The van der Waals surface area contributed by atoms with E-state index in [1.165, 1.54) is 17.0 Å². The van der Waals surface area contributed by atoms with Gasteiger partial charge in [-0.1, -0.05) is 6.07 Å². The highest BCUT2D eigenvalue weighted by molar-refractivity contribution is 6.03. The molecular weight excluding hydrogens is 307 g/mol. The van der Waals surface area contributed by atoms with Gasteiger partial charge in [-0.05, 0) is 61.4 Å². The second-order valence-corrected chi connectivity index (χ2v) is 6.17. The van der Waals surface area contributed by atoms with Crippen molar-refractivity contribution in [2.75, 3.05) is 16.8 Å². The van der Waals surface area contributed by atoms with Crippen LogP contribution in [0.4, 0.5) is 15.8 Å². The molecule has 0 bridgehead atoms.